The first-order chi connectivity index (χ1) is 6.00. The SMILES string of the molecule is Cc1c(CN)n(C)c(=O)n(C)c1=O. The van der Waals surface area contributed by atoms with Gasteiger partial charge in [0.05, 0.1) is 0 Å². The Kier molecular flexibility index (Phi) is 2.38. The molecule has 72 valence electrons. The second kappa shape index (κ2) is 3.18. The standard InChI is InChI=1S/C8H13N3O2/c1-5-6(4-9)10(2)8(13)11(3)7(5)12/h4,9H2,1-3H3. The molecule has 0 radical (unpaired) electrons. The Morgan fingerprint density at radius 1 is 1.23 bits per heavy atom. The molecule has 1 heterocycles. The van der Waals surface area contributed by atoms with Gasteiger partial charge >= 0.3 is 5.69 Å². The zero-order valence-corrected chi connectivity index (χ0v) is 8.00. The highest BCUT2D eigenvalue weighted by Gasteiger charge is 2.09. The van der Waals surface area contributed by atoms with E-state index in [-0.39, 0.29) is 17.8 Å². The molecule has 0 aliphatic rings. The minimum atomic E-state index is -0.337. The van der Waals surface area contributed by atoms with Crippen molar-refractivity contribution < 1.29 is 0 Å². The van der Waals surface area contributed by atoms with Gasteiger partial charge in [-0.25, -0.2) is 4.79 Å². The van der Waals surface area contributed by atoms with E-state index < -0.39 is 0 Å². The maximum atomic E-state index is 11.4. The second-order valence-corrected chi connectivity index (χ2v) is 2.98. The van der Waals surface area contributed by atoms with Crippen LogP contribution in [0, 0.1) is 6.92 Å². The van der Waals surface area contributed by atoms with Crippen LogP contribution in [0.5, 0.6) is 0 Å². The molecular weight excluding hydrogens is 170 g/mol. The molecule has 0 spiro atoms. The van der Waals surface area contributed by atoms with Crippen molar-refractivity contribution in [1.82, 2.24) is 9.13 Å². The molecule has 1 aromatic heterocycles. The highest BCUT2D eigenvalue weighted by atomic mass is 16.2. The number of rotatable bonds is 1. The van der Waals surface area contributed by atoms with Gasteiger partial charge < -0.3 is 5.73 Å². The van der Waals surface area contributed by atoms with Crippen LogP contribution >= 0.6 is 0 Å². The van der Waals surface area contributed by atoms with Crippen molar-refractivity contribution in [3.05, 3.63) is 32.1 Å². The fourth-order valence-corrected chi connectivity index (χ4v) is 1.34. The molecule has 0 saturated carbocycles. The molecule has 0 aliphatic heterocycles. The Labute approximate surface area is 75.4 Å². The summed E-state index contributed by atoms with van der Waals surface area (Å²) in [5.41, 5.74) is 5.95. The third kappa shape index (κ3) is 1.31. The van der Waals surface area contributed by atoms with Crippen LogP contribution < -0.4 is 17.0 Å². The van der Waals surface area contributed by atoms with E-state index in [1.807, 2.05) is 0 Å². The molecule has 0 saturated heterocycles. The zero-order chi connectivity index (χ0) is 10.2. The fourth-order valence-electron chi connectivity index (χ4n) is 1.34. The lowest BCUT2D eigenvalue weighted by Gasteiger charge is -2.10. The van der Waals surface area contributed by atoms with Gasteiger partial charge in [0.1, 0.15) is 0 Å². The van der Waals surface area contributed by atoms with Crippen molar-refractivity contribution >= 4 is 0 Å². The van der Waals surface area contributed by atoms with Crippen LogP contribution in [0.15, 0.2) is 9.59 Å². The minimum absolute atomic E-state index is 0.202. The predicted octanol–water partition coefficient (Wildman–Crippen LogP) is -1.15. The highest BCUT2D eigenvalue weighted by molar-refractivity contribution is 5.15. The first-order valence-corrected chi connectivity index (χ1v) is 3.96. The molecule has 1 rings (SSSR count). The topological polar surface area (TPSA) is 70.0 Å². The predicted molar refractivity (Wildman–Crippen MR) is 49.6 cm³/mol. The molecule has 5 nitrogen and oxygen atoms in total. The third-order valence-corrected chi connectivity index (χ3v) is 2.23. The van der Waals surface area contributed by atoms with Crippen LogP contribution in [0.25, 0.3) is 0 Å². The molecule has 0 bridgehead atoms. The van der Waals surface area contributed by atoms with Crippen molar-refractivity contribution in [2.45, 2.75) is 13.5 Å². The van der Waals surface area contributed by atoms with E-state index >= 15 is 0 Å². The van der Waals surface area contributed by atoms with Gasteiger partial charge in [-0.2, -0.15) is 0 Å². The first kappa shape index (κ1) is 9.73. The van der Waals surface area contributed by atoms with E-state index in [2.05, 4.69) is 0 Å². The zero-order valence-electron chi connectivity index (χ0n) is 8.00. The van der Waals surface area contributed by atoms with Crippen LogP contribution in [0.3, 0.4) is 0 Å². The van der Waals surface area contributed by atoms with E-state index in [9.17, 15) is 9.59 Å². The van der Waals surface area contributed by atoms with Crippen LogP contribution in [0.4, 0.5) is 0 Å². The largest absolute Gasteiger partial charge is 0.330 e. The van der Waals surface area contributed by atoms with Gasteiger partial charge in [0, 0.05) is 31.9 Å². The number of hydrogen-bond donors (Lipinski definition) is 1. The van der Waals surface area contributed by atoms with Crippen molar-refractivity contribution in [2.75, 3.05) is 0 Å². The smallest absolute Gasteiger partial charge is 0.325 e. The number of nitrogens with two attached hydrogens (primary N) is 1. The summed E-state index contributed by atoms with van der Waals surface area (Å²) in [7, 11) is 3.06. The third-order valence-electron chi connectivity index (χ3n) is 2.23. The monoisotopic (exact) mass is 183 g/mol. The van der Waals surface area contributed by atoms with Gasteiger partial charge in [-0.15, -0.1) is 0 Å². The molecule has 13 heavy (non-hydrogen) atoms. The van der Waals surface area contributed by atoms with Crippen LogP contribution in [0.1, 0.15) is 11.3 Å². The summed E-state index contributed by atoms with van der Waals surface area (Å²) < 4.78 is 2.48. The quantitative estimate of drug-likeness (QED) is 0.597. The Morgan fingerprint density at radius 2 is 1.77 bits per heavy atom. The normalized spacial score (nSPS) is 10.5. The van der Waals surface area contributed by atoms with Gasteiger partial charge in [0.2, 0.25) is 0 Å². The second-order valence-electron chi connectivity index (χ2n) is 2.98. The molecule has 0 atom stereocenters. The van der Waals surface area contributed by atoms with E-state index in [4.69, 9.17) is 5.73 Å². The molecule has 0 unspecified atom stereocenters. The highest BCUT2D eigenvalue weighted by Crippen LogP contribution is 1.95. The summed E-state index contributed by atoms with van der Waals surface area (Å²) in [6.07, 6.45) is 0. The number of nitrogens with zero attached hydrogens (tertiary/aromatic N) is 2. The van der Waals surface area contributed by atoms with Gasteiger partial charge in [0.25, 0.3) is 5.56 Å². The average Bonchev–Trinajstić information content (AvgIpc) is 2.13. The van der Waals surface area contributed by atoms with Crippen LogP contribution in [-0.4, -0.2) is 9.13 Å². The Morgan fingerprint density at radius 3 is 2.23 bits per heavy atom. The molecular formula is C8H13N3O2. The van der Waals surface area contributed by atoms with Crippen molar-refractivity contribution in [1.29, 1.82) is 0 Å². The maximum Gasteiger partial charge on any atom is 0.330 e. The molecule has 0 aliphatic carbocycles. The Bertz CT molecular complexity index is 405. The van der Waals surface area contributed by atoms with Gasteiger partial charge in [0.15, 0.2) is 0 Å². The van der Waals surface area contributed by atoms with E-state index in [0.29, 0.717) is 11.3 Å². The van der Waals surface area contributed by atoms with Gasteiger partial charge in [-0.1, -0.05) is 0 Å². The lowest BCUT2D eigenvalue weighted by Crippen LogP contribution is -2.40. The van der Waals surface area contributed by atoms with Gasteiger partial charge in [-0.05, 0) is 6.92 Å². The van der Waals surface area contributed by atoms with Crippen molar-refractivity contribution in [3.8, 4) is 0 Å². The summed E-state index contributed by atoms with van der Waals surface area (Å²) in [6, 6.07) is 0. The van der Waals surface area contributed by atoms with Gasteiger partial charge in [-0.3, -0.25) is 13.9 Å². The van der Waals surface area contributed by atoms with Crippen LogP contribution in [-0.2, 0) is 20.6 Å². The van der Waals surface area contributed by atoms with Crippen LogP contribution in [0.2, 0.25) is 0 Å². The number of hydrogen-bond acceptors (Lipinski definition) is 3. The lowest BCUT2D eigenvalue weighted by atomic mass is 10.2. The minimum Gasteiger partial charge on any atom is -0.325 e. The lowest BCUT2D eigenvalue weighted by molar-refractivity contribution is 0.640. The summed E-state index contributed by atoms with van der Waals surface area (Å²) in [6.45, 7) is 1.87. The summed E-state index contributed by atoms with van der Waals surface area (Å²) in [4.78, 5) is 22.8. The molecule has 0 fully saturated rings. The number of aromatic nitrogens is 2. The average molecular weight is 183 g/mol. The Hall–Kier alpha value is -1.36. The van der Waals surface area contributed by atoms with Crippen molar-refractivity contribution in [3.63, 3.8) is 0 Å². The summed E-state index contributed by atoms with van der Waals surface area (Å²) in [5, 5.41) is 0. The maximum absolute atomic E-state index is 11.4. The molecule has 0 amide bonds. The van der Waals surface area contributed by atoms with E-state index in [1.54, 1.807) is 14.0 Å². The molecule has 1 aromatic rings. The first-order valence-electron chi connectivity index (χ1n) is 3.96. The fraction of sp³-hybridized carbons (Fsp3) is 0.500. The Balaban J connectivity index is 3.78. The molecule has 0 aromatic carbocycles. The van der Waals surface area contributed by atoms with E-state index in [1.165, 1.54) is 11.6 Å². The van der Waals surface area contributed by atoms with E-state index in [0.717, 1.165) is 4.57 Å². The molecule has 5 heteroatoms. The summed E-state index contributed by atoms with van der Waals surface area (Å²) >= 11 is 0. The summed E-state index contributed by atoms with van der Waals surface area (Å²) in [5.74, 6) is 0. The molecule has 2 N–H and O–H groups in total. The van der Waals surface area contributed by atoms with Crippen molar-refractivity contribution in [2.24, 2.45) is 19.8 Å².